The van der Waals surface area contributed by atoms with Crippen LogP contribution < -0.4 is 15.2 Å². The third-order valence-electron chi connectivity index (χ3n) is 5.25. The lowest BCUT2D eigenvalue weighted by molar-refractivity contribution is -0.122. The largest absolute Gasteiger partial charge is 0.486 e. The molecule has 5 nitrogen and oxygen atoms in total. The molecule has 1 aliphatic rings. The number of Topliss-reactive ketones (excluding diaryl/α,β-unsaturated/α-hetero) is 1. The summed E-state index contributed by atoms with van der Waals surface area (Å²) < 4.78 is 37.7. The zero-order chi connectivity index (χ0) is 23.1. The van der Waals surface area contributed by atoms with Gasteiger partial charge in [0.05, 0.1) is 16.1 Å². The van der Waals surface area contributed by atoms with Gasteiger partial charge in [-0.15, -0.1) is 0 Å². The van der Waals surface area contributed by atoms with E-state index in [-0.39, 0.29) is 46.8 Å². The molecule has 1 aliphatic carbocycles. The van der Waals surface area contributed by atoms with Gasteiger partial charge in [0.15, 0.2) is 5.78 Å². The van der Waals surface area contributed by atoms with Crippen LogP contribution in [0.1, 0.15) is 32.1 Å². The maximum absolute atomic E-state index is 13.4. The van der Waals surface area contributed by atoms with Crippen LogP contribution >= 0.6 is 23.2 Å². The van der Waals surface area contributed by atoms with Crippen LogP contribution in [0.25, 0.3) is 0 Å². The van der Waals surface area contributed by atoms with Gasteiger partial charge >= 0.3 is 0 Å². The van der Waals surface area contributed by atoms with E-state index >= 15 is 0 Å². The third-order valence-corrected chi connectivity index (χ3v) is 5.86. The lowest BCUT2D eigenvalue weighted by Gasteiger charge is -2.26. The lowest BCUT2D eigenvalue weighted by atomic mass is 9.83. The SMILES string of the molecule is NC(COc1ccc(Cl)c(F)c1)=NC1CCC(CC(=O)COc2ccc(Cl)c(F)c2)CC1. The minimum Gasteiger partial charge on any atom is -0.486 e. The Balaban J connectivity index is 1.37. The second-order valence-corrected chi connectivity index (χ2v) is 8.58. The van der Waals surface area contributed by atoms with Gasteiger partial charge in [0, 0.05) is 18.6 Å². The average Bonchev–Trinajstić information content (AvgIpc) is 2.77. The van der Waals surface area contributed by atoms with Crippen molar-refractivity contribution < 1.29 is 23.0 Å². The number of ether oxygens (including phenoxy) is 2. The van der Waals surface area contributed by atoms with E-state index in [9.17, 15) is 13.6 Å². The molecule has 2 aromatic carbocycles. The van der Waals surface area contributed by atoms with Gasteiger partial charge in [-0.2, -0.15) is 0 Å². The van der Waals surface area contributed by atoms with E-state index in [1.54, 1.807) is 6.07 Å². The predicted octanol–water partition coefficient (Wildman–Crippen LogP) is 5.60. The van der Waals surface area contributed by atoms with Crippen molar-refractivity contribution in [2.45, 2.75) is 38.1 Å². The van der Waals surface area contributed by atoms with Crippen LogP contribution in [0.3, 0.4) is 0 Å². The molecule has 1 saturated carbocycles. The molecule has 0 heterocycles. The van der Waals surface area contributed by atoms with Crippen molar-refractivity contribution in [2.24, 2.45) is 16.6 Å². The highest BCUT2D eigenvalue weighted by Gasteiger charge is 2.23. The van der Waals surface area contributed by atoms with Crippen molar-refractivity contribution in [3.63, 3.8) is 0 Å². The van der Waals surface area contributed by atoms with Crippen molar-refractivity contribution in [2.75, 3.05) is 13.2 Å². The van der Waals surface area contributed by atoms with E-state index in [2.05, 4.69) is 4.99 Å². The Labute approximate surface area is 195 Å². The van der Waals surface area contributed by atoms with E-state index in [0.29, 0.717) is 18.0 Å². The number of nitrogens with two attached hydrogens (primary N) is 1. The van der Waals surface area contributed by atoms with Crippen molar-refractivity contribution in [1.82, 2.24) is 0 Å². The Kier molecular flexibility index (Phi) is 8.70. The number of benzene rings is 2. The summed E-state index contributed by atoms with van der Waals surface area (Å²) >= 11 is 11.3. The summed E-state index contributed by atoms with van der Waals surface area (Å²) in [5.74, 6) is 0.0276. The van der Waals surface area contributed by atoms with Gasteiger partial charge in [0.1, 0.15) is 42.2 Å². The quantitative estimate of drug-likeness (QED) is 0.371. The molecular weight excluding hydrogens is 461 g/mol. The van der Waals surface area contributed by atoms with Crippen molar-refractivity contribution in [1.29, 1.82) is 0 Å². The number of aliphatic imine (C=N–C) groups is 1. The number of hydrogen-bond acceptors (Lipinski definition) is 4. The topological polar surface area (TPSA) is 73.9 Å². The highest BCUT2D eigenvalue weighted by molar-refractivity contribution is 6.31. The fraction of sp³-hybridized carbons (Fsp3) is 0.391. The molecule has 172 valence electrons. The highest BCUT2D eigenvalue weighted by atomic mass is 35.5. The molecule has 0 unspecified atom stereocenters. The zero-order valence-corrected chi connectivity index (χ0v) is 18.8. The number of hydrogen-bond donors (Lipinski definition) is 1. The van der Waals surface area contributed by atoms with E-state index in [0.717, 1.165) is 31.7 Å². The zero-order valence-electron chi connectivity index (χ0n) is 17.3. The first-order valence-corrected chi connectivity index (χ1v) is 11.1. The van der Waals surface area contributed by atoms with Gasteiger partial charge in [0.2, 0.25) is 0 Å². The summed E-state index contributed by atoms with van der Waals surface area (Å²) in [6, 6.07) is 8.33. The molecule has 1 fully saturated rings. The van der Waals surface area contributed by atoms with Crippen LogP contribution in [-0.2, 0) is 4.79 Å². The fourth-order valence-electron chi connectivity index (χ4n) is 3.59. The normalized spacial score (nSPS) is 18.9. The minimum absolute atomic E-state index is 0.00849. The Bertz CT molecular complexity index is 980. The number of amidine groups is 1. The Hall–Kier alpha value is -2.38. The van der Waals surface area contributed by atoms with Gasteiger partial charge in [-0.1, -0.05) is 23.2 Å². The molecule has 0 spiro atoms. The van der Waals surface area contributed by atoms with Crippen LogP contribution in [-0.4, -0.2) is 30.9 Å². The smallest absolute Gasteiger partial charge is 0.170 e. The van der Waals surface area contributed by atoms with Gasteiger partial charge in [-0.25, -0.2) is 8.78 Å². The van der Waals surface area contributed by atoms with Crippen molar-refractivity contribution in [3.8, 4) is 11.5 Å². The Morgan fingerprint density at radius 3 is 2.00 bits per heavy atom. The minimum atomic E-state index is -0.583. The van der Waals surface area contributed by atoms with Gasteiger partial charge in [-0.05, 0) is 55.9 Å². The van der Waals surface area contributed by atoms with E-state index in [4.69, 9.17) is 38.4 Å². The van der Waals surface area contributed by atoms with E-state index < -0.39 is 11.6 Å². The summed E-state index contributed by atoms with van der Waals surface area (Å²) in [6.07, 6.45) is 3.75. The van der Waals surface area contributed by atoms with Crippen molar-refractivity contribution in [3.05, 3.63) is 58.1 Å². The maximum atomic E-state index is 13.4. The number of rotatable bonds is 9. The first-order chi connectivity index (χ1) is 15.3. The van der Waals surface area contributed by atoms with Gasteiger partial charge < -0.3 is 15.2 Å². The van der Waals surface area contributed by atoms with Crippen LogP contribution in [0.4, 0.5) is 8.78 Å². The van der Waals surface area contributed by atoms with E-state index in [1.807, 2.05) is 0 Å². The standard InChI is InChI=1S/C23H24Cl2F2N2O3/c24-19-7-5-17(10-21(19)26)31-12-16(30)9-14-1-3-15(4-2-14)29-23(28)13-32-18-6-8-20(25)22(27)11-18/h5-8,10-11,14-15H,1-4,9,12-13H2,(H2,28,29). The highest BCUT2D eigenvalue weighted by Crippen LogP contribution is 2.29. The summed E-state index contributed by atoms with van der Waals surface area (Å²) in [6.45, 7) is -0.0448. The Morgan fingerprint density at radius 2 is 1.47 bits per heavy atom. The second-order valence-electron chi connectivity index (χ2n) is 7.77. The fourth-order valence-corrected chi connectivity index (χ4v) is 3.82. The molecule has 9 heteroatoms. The molecule has 0 radical (unpaired) electrons. The van der Waals surface area contributed by atoms with Gasteiger partial charge in [-0.3, -0.25) is 9.79 Å². The number of nitrogens with zero attached hydrogens (tertiary/aromatic N) is 1. The van der Waals surface area contributed by atoms with Crippen molar-refractivity contribution >= 4 is 34.8 Å². The summed E-state index contributed by atoms with van der Waals surface area (Å²) in [5.41, 5.74) is 5.95. The molecule has 0 saturated heterocycles. The molecule has 32 heavy (non-hydrogen) atoms. The first kappa shape index (κ1) is 24.3. The lowest BCUT2D eigenvalue weighted by Crippen LogP contribution is -2.27. The van der Waals surface area contributed by atoms with E-state index in [1.165, 1.54) is 24.3 Å². The van der Waals surface area contributed by atoms with Crippen LogP contribution in [0, 0.1) is 17.6 Å². The monoisotopic (exact) mass is 484 g/mol. The molecule has 0 amide bonds. The number of carbonyl (C=O) groups excluding carboxylic acids is 1. The number of ketones is 1. The summed E-state index contributed by atoms with van der Waals surface area (Å²) in [4.78, 5) is 16.7. The average molecular weight is 485 g/mol. The van der Waals surface area contributed by atoms with Crippen LogP contribution in [0.2, 0.25) is 10.0 Å². The molecule has 2 aromatic rings. The molecule has 0 aromatic heterocycles. The molecule has 0 bridgehead atoms. The number of carbonyl (C=O) groups is 1. The maximum Gasteiger partial charge on any atom is 0.170 e. The van der Waals surface area contributed by atoms with Crippen LogP contribution in [0.5, 0.6) is 11.5 Å². The summed E-state index contributed by atoms with van der Waals surface area (Å²) in [5, 5.41) is 0.0360. The predicted molar refractivity (Wildman–Crippen MR) is 121 cm³/mol. The Morgan fingerprint density at radius 1 is 0.938 bits per heavy atom. The molecule has 0 aliphatic heterocycles. The molecule has 2 N–H and O–H groups in total. The van der Waals surface area contributed by atoms with Gasteiger partial charge in [0.25, 0.3) is 0 Å². The summed E-state index contributed by atoms with van der Waals surface area (Å²) in [7, 11) is 0. The third kappa shape index (κ3) is 7.35. The molecule has 0 atom stereocenters. The molecule has 3 rings (SSSR count). The molecular formula is C23H24Cl2F2N2O3. The number of halogens is 4. The second kappa shape index (κ2) is 11.5. The first-order valence-electron chi connectivity index (χ1n) is 10.3. The van der Waals surface area contributed by atoms with Crippen LogP contribution in [0.15, 0.2) is 41.4 Å².